The Morgan fingerprint density at radius 3 is 1.88 bits per heavy atom. The molecule has 2 aliphatic heterocycles. The maximum Gasteiger partial charge on any atom is 0.311 e. The van der Waals surface area contributed by atoms with E-state index in [1.54, 1.807) is 0 Å². The summed E-state index contributed by atoms with van der Waals surface area (Å²) in [5.41, 5.74) is -0.344. The predicted molar refractivity (Wildman–Crippen MR) is 161 cm³/mol. The third-order valence-corrected chi connectivity index (χ3v) is 7.58. The van der Waals surface area contributed by atoms with Gasteiger partial charge < -0.3 is 23.7 Å². The topological polar surface area (TPSA) is 86.9 Å². The van der Waals surface area contributed by atoms with Crippen molar-refractivity contribution in [2.45, 2.75) is 85.4 Å². The summed E-state index contributed by atoms with van der Waals surface area (Å²) >= 11 is 0. The first-order chi connectivity index (χ1) is 19.7. The van der Waals surface area contributed by atoms with Crippen LogP contribution in [0, 0.1) is 10.8 Å². The first kappa shape index (κ1) is 34.3. The molecule has 228 valence electrons. The van der Waals surface area contributed by atoms with Gasteiger partial charge in [0.05, 0.1) is 31.2 Å². The Bertz CT molecular complexity index is 1020. The fourth-order valence-electron chi connectivity index (χ4n) is 4.82. The van der Waals surface area contributed by atoms with Crippen LogP contribution in [0.4, 0.5) is 0 Å². The van der Waals surface area contributed by atoms with E-state index in [9.17, 15) is 9.59 Å². The average molecular weight is 571 g/mol. The van der Waals surface area contributed by atoms with Crippen LogP contribution in [0.3, 0.4) is 0 Å². The number of carbonyl (C=O) groups is 2. The summed E-state index contributed by atoms with van der Waals surface area (Å²) in [7, 11) is 1.40. The Labute approximate surface area is 246 Å². The number of epoxide rings is 2. The molecule has 0 radical (unpaired) electrons. The van der Waals surface area contributed by atoms with Crippen LogP contribution in [-0.2, 0) is 28.5 Å². The zero-order valence-corrected chi connectivity index (χ0v) is 26.0. The molecule has 2 aliphatic rings. The second-order valence-corrected chi connectivity index (χ2v) is 11.0. The number of ether oxygens (including phenoxy) is 5. The van der Waals surface area contributed by atoms with Gasteiger partial charge in [0.2, 0.25) is 0 Å². The molecule has 41 heavy (non-hydrogen) atoms. The highest BCUT2D eigenvalue weighted by atomic mass is 16.6. The largest absolute Gasteiger partial charge is 0.491 e. The maximum absolute atomic E-state index is 13.2. The molecule has 2 aromatic carbocycles. The van der Waals surface area contributed by atoms with Crippen molar-refractivity contribution in [3.05, 3.63) is 66.2 Å². The summed E-state index contributed by atoms with van der Waals surface area (Å²) in [5, 5.41) is 0. The van der Waals surface area contributed by atoms with Crippen LogP contribution in [0.15, 0.2) is 60.7 Å². The number of methoxy groups -OCH3 is 1. The highest BCUT2D eigenvalue weighted by Gasteiger charge is 2.46. The second-order valence-electron chi connectivity index (χ2n) is 11.0. The SMILES string of the molecule is CC.CCC(CC(C)(CC(C)(CC)C(=O)OC)C(=O)OCC1CO1)c1ccccc1.c1ccc(OCC2CO2)cc1. The Morgan fingerprint density at radius 1 is 0.854 bits per heavy atom. The minimum Gasteiger partial charge on any atom is -0.491 e. The van der Waals surface area contributed by atoms with Crippen LogP contribution in [-0.4, -0.2) is 57.7 Å². The van der Waals surface area contributed by atoms with E-state index in [0.29, 0.717) is 38.6 Å². The summed E-state index contributed by atoms with van der Waals surface area (Å²) in [4.78, 5) is 25.6. The van der Waals surface area contributed by atoms with Gasteiger partial charge in [-0.25, -0.2) is 0 Å². The van der Waals surface area contributed by atoms with E-state index in [2.05, 4.69) is 19.1 Å². The fraction of sp³-hybridized carbons (Fsp3) is 0.588. The monoisotopic (exact) mass is 570 g/mol. The van der Waals surface area contributed by atoms with Crippen LogP contribution in [0.5, 0.6) is 5.75 Å². The molecular weight excluding hydrogens is 520 g/mol. The maximum atomic E-state index is 13.2. The third kappa shape index (κ3) is 11.5. The molecule has 2 aromatic rings. The van der Waals surface area contributed by atoms with Gasteiger partial charge in [-0.1, -0.05) is 76.2 Å². The quantitative estimate of drug-likeness (QED) is 0.179. The summed E-state index contributed by atoms with van der Waals surface area (Å²) < 4.78 is 26.2. The molecule has 0 amide bonds. The standard InChI is InChI=1S/C23H34O5.C9H10O2.C2H6/c1-6-17(18-11-9-8-10-12-18)13-23(4,21(25)28-15-19-14-27-19)16-22(3,7-2)20(24)26-5;1-2-4-8(5-3-1)10-6-9-7-11-9;1-2/h8-12,17,19H,6-7,13-16H2,1-5H3;1-5,9H,6-7H2;1-2H3. The first-order valence-corrected chi connectivity index (χ1v) is 14.9. The Morgan fingerprint density at radius 2 is 1.39 bits per heavy atom. The molecule has 5 atom stereocenters. The van der Waals surface area contributed by atoms with Crippen molar-refractivity contribution in [3.8, 4) is 5.75 Å². The van der Waals surface area contributed by atoms with Crippen LogP contribution in [0.1, 0.15) is 78.7 Å². The molecule has 2 saturated heterocycles. The van der Waals surface area contributed by atoms with E-state index in [0.717, 1.165) is 18.8 Å². The lowest BCUT2D eigenvalue weighted by molar-refractivity contribution is -0.163. The fourth-order valence-corrected chi connectivity index (χ4v) is 4.82. The molecule has 0 bridgehead atoms. The normalized spacial score (nSPS) is 20.3. The van der Waals surface area contributed by atoms with Gasteiger partial charge in [-0.15, -0.1) is 0 Å². The lowest BCUT2D eigenvalue weighted by atomic mass is 9.67. The van der Waals surface area contributed by atoms with Crippen LogP contribution >= 0.6 is 0 Å². The molecule has 7 nitrogen and oxygen atoms in total. The smallest absolute Gasteiger partial charge is 0.311 e. The summed E-state index contributed by atoms with van der Waals surface area (Å²) in [6.07, 6.45) is 2.86. The number of hydrogen-bond acceptors (Lipinski definition) is 7. The third-order valence-electron chi connectivity index (χ3n) is 7.58. The van der Waals surface area contributed by atoms with E-state index in [1.165, 1.54) is 12.7 Å². The Hall–Kier alpha value is -2.90. The van der Waals surface area contributed by atoms with E-state index in [-0.39, 0.29) is 30.6 Å². The van der Waals surface area contributed by atoms with Crippen molar-refractivity contribution in [3.63, 3.8) is 0 Å². The van der Waals surface area contributed by atoms with Crippen molar-refractivity contribution in [1.82, 2.24) is 0 Å². The van der Waals surface area contributed by atoms with Gasteiger partial charge >= 0.3 is 11.9 Å². The number of rotatable bonds is 14. The second kappa shape index (κ2) is 17.1. The molecule has 5 unspecified atom stereocenters. The molecular formula is C34H50O7. The summed E-state index contributed by atoms with van der Waals surface area (Å²) in [6.45, 7) is 14.3. The van der Waals surface area contributed by atoms with E-state index >= 15 is 0 Å². The van der Waals surface area contributed by atoms with E-state index < -0.39 is 10.8 Å². The minimum atomic E-state index is -0.801. The van der Waals surface area contributed by atoms with Crippen molar-refractivity contribution in [2.75, 3.05) is 33.5 Å². The van der Waals surface area contributed by atoms with Crippen molar-refractivity contribution in [2.24, 2.45) is 10.8 Å². The van der Waals surface area contributed by atoms with Gasteiger partial charge in [0.15, 0.2) is 0 Å². The number of para-hydroxylation sites is 1. The van der Waals surface area contributed by atoms with Gasteiger partial charge in [-0.3, -0.25) is 9.59 Å². The predicted octanol–water partition coefficient (Wildman–Crippen LogP) is 6.99. The number of carbonyl (C=O) groups excluding carboxylic acids is 2. The van der Waals surface area contributed by atoms with Crippen LogP contribution < -0.4 is 4.74 Å². The highest BCUT2D eigenvalue weighted by molar-refractivity contribution is 5.80. The van der Waals surface area contributed by atoms with Crippen LogP contribution in [0.2, 0.25) is 0 Å². The zero-order chi connectivity index (χ0) is 30.3. The Balaban J connectivity index is 0.000000372. The molecule has 2 fully saturated rings. The summed E-state index contributed by atoms with van der Waals surface area (Å²) in [6, 6.07) is 20.0. The average Bonchev–Trinajstić information content (AvgIpc) is 3.95. The van der Waals surface area contributed by atoms with Gasteiger partial charge in [0, 0.05) is 0 Å². The molecule has 7 heteroatoms. The molecule has 2 heterocycles. The van der Waals surface area contributed by atoms with E-state index in [1.807, 2.05) is 83.1 Å². The van der Waals surface area contributed by atoms with Gasteiger partial charge in [-0.05, 0) is 63.1 Å². The van der Waals surface area contributed by atoms with E-state index in [4.69, 9.17) is 23.7 Å². The van der Waals surface area contributed by atoms with Gasteiger partial charge in [0.25, 0.3) is 0 Å². The van der Waals surface area contributed by atoms with Crippen molar-refractivity contribution < 1.29 is 33.3 Å². The molecule has 0 N–H and O–H groups in total. The molecule has 0 aliphatic carbocycles. The van der Waals surface area contributed by atoms with Crippen LogP contribution in [0.25, 0.3) is 0 Å². The molecule has 0 saturated carbocycles. The first-order valence-electron chi connectivity index (χ1n) is 14.9. The number of hydrogen-bond donors (Lipinski definition) is 0. The van der Waals surface area contributed by atoms with Crippen molar-refractivity contribution in [1.29, 1.82) is 0 Å². The molecule has 4 rings (SSSR count). The molecule has 0 aromatic heterocycles. The zero-order valence-electron chi connectivity index (χ0n) is 26.0. The van der Waals surface area contributed by atoms with Gasteiger partial charge in [0.1, 0.15) is 31.2 Å². The minimum absolute atomic E-state index is 0.0162. The Kier molecular flexibility index (Phi) is 14.3. The summed E-state index contributed by atoms with van der Waals surface area (Å²) in [5.74, 6) is 0.575. The number of esters is 2. The lowest BCUT2D eigenvalue weighted by Gasteiger charge is -2.37. The highest BCUT2D eigenvalue weighted by Crippen LogP contribution is 2.45. The van der Waals surface area contributed by atoms with Gasteiger partial charge in [-0.2, -0.15) is 0 Å². The lowest BCUT2D eigenvalue weighted by Crippen LogP contribution is -2.41. The van der Waals surface area contributed by atoms with Crippen molar-refractivity contribution >= 4 is 11.9 Å². The number of benzene rings is 2. The molecule has 0 spiro atoms.